The topological polar surface area (TPSA) is 46.5 Å². The largest absolute Gasteiger partial charge is 0.496 e. The van der Waals surface area contributed by atoms with E-state index < -0.39 is 11.8 Å². The van der Waals surface area contributed by atoms with Gasteiger partial charge in [0, 0.05) is 11.6 Å². The van der Waals surface area contributed by atoms with Crippen molar-refractivity contribution in [2.45, 2.75) is 19.8 Å². The minimum absolute atomic E-state index is 0.0355. The predicted octanol–water partition coefficient (Wildman–Crippen LogP) is 2.66. The van der Waals surface area contributed by atoms with E-state index in [4.69, 9.17) is 9.84 Å². The van der Waals surface area contributed by atoms with Crippen LogP contribution in [-0.4, -0.2) is 18.2 Å². The molecule has 1 aromatic rings. The highest BCUT2D eigenvalue weighted by atomic mass is 19.1. The van der Waals surface area contributed by atoms with Gasteiger partial charge in [-0.1, -0.05) is 13.8 Å². The van der Waals surface area contributed by atoms with Crippen molar-refractivity contribution in [3.63, 3.8) is 0 Å². The number of carbonyl (C=O) groups is 1. The van der Waals surface area contributed by atoms with Crippen LogP contribution in [0.25, 0.3) is 0 Å². The van der Waals surface area contributed by atoms with Gasteiger partial charge in [-0.25, -0.2) is 9.18 Å². The second-order valence-corrected chi connectivity index (χ2v) is 3.53. The second kappa shape index (κ2) is 4.29. The molecule has 0 spiro atoms. The number of hydrogen-bond acceptors (Lipinski definition) is 2. The first-order valence-corrected chi connectivity index (χ1v) is 4.58. The molecule has 4 heteroatoms. The number of rotatable bonds is 3. The number of methoxy groups -OCH3 is 1. The van der Waals surface area contributed by atoms with Gasteiger partial charge >= 0.3 is 5.97 Å². The highest BCUT2D eigenvalue weighted by Gasteiger charge is 2.19. The maximum atomic E-state index is 13.1. The van der Waals surface area contributed by atoms with Crippen molar-refractivity contribution in [1.82, 2.24) is 0 Å². The normalized spacial score (nSPS) is 10.5. The van der Waals surface area contributed by atoms with Gasteiger partial charge < -0.3 is 9.84 Å². The van der Waals surface area contributed by atoms with Gasteiger partial charge in [-0.3, -0.25) is 0 Å². The molecular weight excluding hydrogens is 199 g/mol. The molecule has 1 aromatic carbocycles. The van der Waals surface area contributed by atoms with E-state index in [9.17, 15) is 9.18 Å². The molecule has 1 rings (SSSR count). The molecule has 0 aliphatic rings. The van der Waals surface area contributed by atoms with Crippen LogP contribution < -0.4 is 4.74 Å². The van der Waals surface area contributed by atoms with Crippen LogP contribution in [0.5, 0.6) is 5.75 Å². The molecule has 0 aliphatic heterocycles. The third-order valence-corrected chi connectivity index (χ3v) is 2.13. The van der Waals surface area contributed by atoms with E-state index in [0.717, 1.165) is 6.07 Å². The smallest absolute Gasteiger partial charge is 0.336 e. The molecule has 1 N–H and O–H groups in total. The summed E-state index contributed by atoms with van der Waals surface area (Å²) in [6.45, 7) is 3.67. The molecule has 15 heavy (non-hydrogen) atoms. The second-order valence-electron chi connectivity index (χ2n) is 3.53. The average molecular weight is 212 g/mol. The van der Waals surface area contributed by atoms with Gasteiger partial charge in [-0.2, -0.15) is 0 Å². The molecule has 0 bridgehead atoms. The lowest BCUT2D eigenvalue weighted by Gasteiger charge is -2.14. The molecule has 0 fully saturated rings. The summed E-state index contributed by atoms with van der Waals surface area (Å²) in [6.07, 6.45) is 0. The van der Waals surface area contributed by atoms with Crippen LogP contribution in [0.4, 0.5) is 4.39 Å². The Bertz CT molecular complexity index is 386. The Morgan fingerprint density at radius 1 is 1.47 bits per heavy atom. The molecule has 0 unspecified atom stereocenters. The van der Waals surface area contributed by atoms with Crippen molar-refractivity contribution >= 4 is 5.97 Å². The number of ether oxygens (including phenoxy) is 1. The lowest BCUT2D eigenvalue weighted by atomic mass is 9.96. The quantitative estimate of drug-likeness (QED) is 0.837. The Labute approximate surface area is 87.5 Å². The van der Waals surface area contributed by atoms with Crippen molar-refractivity contribution in [3.05, 3.63) is 29.1 Å². The summed E-state index contributed by atoms with van der Waals surface area (Å²) >= 11 is 0. The lowest BCUT2D eigenvalue weighted by molar-refractivity contribution is 0.0694. The van der Waals surface area contributed by atoms with Crippen LogP contribution >= 0.6 is 0 Å². The number of carboxylic acid groups (broad SMARTS) is 1. The highest BCUT2D eigenvalue weighted by Crippen LogP contribution is 2.30. The Morgan fingerprint density at radius 2 is 2.07 bits per heavy atom. The summed E-state index contributed by atoms with van der Waals surface area (Å²) in [5, 5.41) is 8.94. The first kappa shape index (κ1) is 11.5. The fraction of sp³-hybridized carbons (Fsp3) is 0.364. The van der Waals surface area contributed by atoms with Crippen LogP contribution in [0.1, 0.15) is 35.7 Å². The van der Waals surface area contributed by atoms with Crippen LogP contribution in [0.2, 0.25) is 0 Å². The molecular formula is C11H13FO3. The number of aromatic carboxylic acids is 1. The van der Waals surface area contributed by atoms with E-state index in [1.54, 1.807) is 0 Å². The predicted molar refractivity (Wildman–Crippen MR) is 54.0 cm³/mol. The van der Waals surface area contributed by atoms with Crippen LogP contribution in [0, 0.1) is 5.82 Å². The summed E-state index contributed by atoms with van der Waals surface area (Å²) in [7, 11) is 1.40. The van der Waals surface area contributed by atoms with E-state index in [2.05, 4.69) is 0 Å². The summed E-state index contributed by atoms with van der Waals surface area (Å²) in [6, 6.07) is 2.21. The van der Waals surface area contributed by atoms with Gasteiger partial charge in [0.15, 0.2) is 0 Å². The zero-order valence-electron chi connectivity index (χ0n) is 8.87. The monoisotopic (exact) mass is 212 g/mol. The van der Waals surface area contributed by atoms with E-state index in [1.807, 2.05) is 13.8 Å². The van der Waals surface area contributed by atoms with Gasteiger partial charge in [0.25, 0.3) is 0 Å². The van der Waals surface area contributed by atoms with Crippen molar-refractivity contribution in [1.29, 1.82) is 0 Å². The van der Waals surface area contributed by atoms with Crippen LogP contribution in [0.3, 0.4) is 0 Å². The average Bonchev–Trinajstić information content (AvgIpc) is 2.15. The Kier molecular flexibility index (Phi) is 3.29. The van der Waals surface area contributed by atoms with Crippen molar-refractivity contribution in [2.24, 2.45) is 0 Å². The highest BCUT2D eigenvalue weighted by molar-refractivity contribution is 5.90. The van der Waals surface area contributed by atoms with Gasteiger partial charge in [0.2, 0.25) is 0 Å². The summed E-state index contributed by atoms with van der Waals surface area (Å²) < 4.78 is 18.1. The van der Waals surface area contributed by atoms with Crippen molar-refractivity contribution in [3.8, 4) is 5.75 Å². The van der Waals surface area contributed by atoms with Crippen LogP contribution in [0.15, 0.2) is 12.1 Å². The molecule has 0 radical (unpaired) electrons. The third-order valence-electron chi connectivity index (χ3n) is 2.13. The number of hydrogen-bond donors (Lipinski definition) is 1. The summed E-state index contributed by atoms with van der Waals surface area (Å²) in [5.74, 6) is -1.50. The van der Waals surface area contributed by atoms with Gasteiger partial charge in [-0.15, -0.1) is 0 Å². The van der Waals surface area contributed by atoms with E-state index in [0.29, 0.717) is 5.56 Å². The standard InChI is InChI=1S/C11H13FO3/c1-6(2)10-8(11(13)14)4-7(12)5-9(10)15-3/h4-6H,1-3H3,(H,13,14). The number of halogens is 1. The molecule has 0 heterocycles. The van der Waals surface area contributed by atoms with Crippen molar-refractivity contribution in [2.75, 3.05) is 7.11 Å². The van der Waals surface area contributed by atoms with Gasteiger partial charge in [0.1, 0.15) is 11.6 Å². The summed E-state index contributed by atoms with van der Waals surface area (Å²) in [5.41, 5.74) is 0.480. The zero-order chi connectivity index (χ0) is 11.6. The van der Waals surface area contributed by atoms with Gasteiger partial charge in [0.05, 0.1) is 12.7 Å². The fourth-order valence-electron chi connectivity index (χ4n) is 1.53. The van der Waals surface area contributed by atoms with E-state index in [-0.39, 0.29) is 17.2 Å². The van der Waals surface area contributed by atoms with Gasteiger partial charge in [-0.05, 0) is 12.0 Å². The molecule has 0 saturated carbocycles. The molecule has 0 amide bonds. The number of benzene rings is 1. The molecule has 0 atom stereocenters. The van der Waals surface area contributed by atoms with E-state index >= 15 is 0 Å². The molecule has 3 nitrogen and oxygen atoms in total. The first-order valence-electron chi connectivity index (χ1n) is 4.58. The first-order chi connectivity index (χ1) is 6.97. The lowest BCUT2D eigenvalue weighted by Crippen LogP contribution is -2.07. The van der Waals surface area contributed by atoms with E-state index in [1.165, 1.54) is 13.2 Å². The Balaban J connectivity index is 3.47. The Morgan fingerprint density at radius 3 is 2.47 bits per heavy atom. The van der Waals surface area contributed by atoms with Crippen LogP contribution in [-0.2, 0) is 0 Å². The minimum atomic E-state index is -1.14. The molecule has 82 valence electrons. The maximum Gasteiger partial charge on any atom is 0.336 e. The summed E-state index contributed by atoms with van der Waals surface area (Å²) in [4.78, 5) is 10.9. The fourth-order valence-corrected chi connectivity index (χ4v) is 1.53. The molecule has 0 aliphatic carbocycles. The Hall–Kier alpha value is -1.58. The SMILES string of the molecule is COc1cc(F)cc(C(=O)O)c1C(C)C. The molecule has 0 aromatic heterocycles. The third kappa shape index (κ3) is 2.26. The molecule has 0 saturated heterocycles. The van der Waals surface area contributed by atoms with Crippen molar-refractivity contribution < 1.29 is 19.0 Å². The minimum Gasteiger partial charge on any atom is -0.496 e. The number of carboxylic acids is 1. The maximum absolute atomic E-state index is 13.1. The zero-order valence-corrected chi connectivity index (χ0v) is 8.87.